The van der Waals surface area contributed by atoms with Crippen molar-refractivity contribution in [1.82, 2.24) is 16.1 Å². The molecule has 0 spiro atoms. The van der Waals surface area contributed by atoms with Crippen LogP contribution >= 0.6 is 0 Å². The number of hydrazine groups is 1. The summed E-state index contributed by atoms with van der Waals surface area (Å²) in [7, 11) is 0. The van der Waals surface area contributed by atoms with Crippen molar-refractivity contribution in [1.29, 1.82) is 0 Å². The van der Waals surface area contributed by atoms with Crippen LogP contribution in [0.4, 0.5) is 0 Å². The van der Waals surface area contributed by atoms with E-state index in [0.717, 1.165) is 0 Å². The number of nitrogens with two attached hydrogens (primary N) is 1. The highest BCUT2D eigenvalue weighted by Crippen LogP contribution is 1.77. The van der Waals surface area contributed by atoms with E-state index in [2.05, 4.69) is 22.6 Å². The highest BCUT2D eigenvalue weighted by atomic mass is 16.1. The number of carbonyl (C=O) groups excluding carboxylic acids is 1. The van der Waals surface area contributed by atoms with Gasteiger partial charge in [-0.15, -0.1) is 0 Å². The van der Waals surface area contributed by atoms with E-state index in [9.17, 15) is 4.79 Å². The first kappa shape index (κ1) is 9.51. The van der Waals surface area contributed by atoms with Gasteiger partial charge in [0.1, 0.15) is 0 Å². The Kier molecular flexibility index (Phi) is 5.73. The molecule has 0 fully saturated rings. The lowest BCUT2D eigenvalue weighted by Gasteiger charge is -2.02. The second-order valence-electron chi connectivity index (χ2n) is 1.75. The molecule has 5 N–H and O–H groups in total. The minimum absolute atomic E-state index is 0.401. The van der Waals surface area contributed by atoms with E-state index in [4.69, 9.17) is 5.84 Å². The molecule has 0 aromatic heterocycles. The first-order chi connectivity index (χ1) is 5.31. The van der Waals surface area contributed by atoms with Crippen molar-refractivity contribution in [3.63, 3.8) is 0 Å². The van der Waals surface area contributed by atoms with E-state index in [0.29, 0.717) is 18.7 Å². The van der Waals surface area contributed by atoms with Crippen LogP contribution in [-0.4, -0.2) is 13.0 Å². The number of hydrogen-bond acceptors (Lipinski definition) is 4. The lowest BCUT2D eigenvalue weighted by molar-refractivity contribution is -0.109. The predicted molar refractivity (Wildman–Crippen MR) is 42.8 cm³/mol. The van der Waals surface area contributed by atoms with Crippen LogP contribution in [0, 0.1) is 0 Å². The van der Waals surface area contributed by atoms with Crippen molar-refractivity contribution in [3.8, 4) is 0 Å². The number of rotatable bonds is 6. The number of carbonyl (C=O) groups is 1. The van der Waals surface area contributed by atoms with E-state index in [1.165, 1.54) is 6.20 Å². The molecule has 62 valence electrons. The van der Waals surface area contributed by atoms with Gasteiger partial charge >= 0.3 is 0 Å². The SMILES string of the molecule is C=C(CNC=O)N/C=C\NN. The maximum Gasteiger partial charge on any atom is 0.207 e. The Morgan fingerprint density at radius 1 is 1.55 bits per heavy atom. The van der Waals surface area contributed by atoms with Crippen LogP contribution < -0.4 is 21.9 Å². The lowest BCUT2D eigenvalue weighted by Crippen LogP contribution is -2.21. The number of amides is 1. The van der Waals surface area contributed by atoms with Crippen LogP contribution in [0.25, 0.3) is 0 Å². The molecule has 0 aliphatic rings. The molecule has 5 nitrogen and oxygen atoms in total. The van der Waals surface area contributed by atoms with Crippen molar-refractivity contribution in [2.75, 3.05) is 6.54 Å². The molecule has 0 aromatic rings. The lowest BCUT2D eigenvalue weighted by atomic mass is 10.5. The standard InChI is InChI=1S/C6H12N4O/c1-6(4-8-5-11)9-2-3-10-7/h2-3,5,9-10H,1,4,7H2,(H,8,11)/b3-2-. The fourth-order valence-electron chi connectivity index (χ4n) is 0.424. The van der Waals surface area contributed by atoms with E-state index in [1.54, 1.807) is 6.20 Å². The molecule has 0 aliphatic carbocycles. The van der Waals surface area contributed by atoms with Crippen LogP contribution in [0.2, 0.25) is 0 Å². The topological polar surface area (TPSA) is 79.2 Å². The third-order valence-corrected chi connectivity index (χ3v) is 0.866. The molecule has 5 heteroatoms. The van der Waals surface area contributed by atoms with Gasteiger partial charge in [0.05, 0.1) is 6.54 Å². The van der Waals surface area contributed by atoms with Gasteiger partial charge in [-0.05, 0) is 0 Å². The maximum atomic E-state index is 9.81. The summed E-state index contributed by atoms with van der Waals surface area (Å²) in [5, 5.41) is 5.23. The molecular weight excluding hydrogens is 144 g/mol. The molecule has 11 heavy (non-hydrogen) atoms. The van der Waals surface area contributed by atoms with Crippen molar-refractivity contribution in [3.05, 3.63) is 24.7 Å². The van der Waals surface area contributed by atoms with Gasteiger partial charge in [0.2, 0.25) is 6.41 Å². The van der Waals surface area contributed by atoms with E-state index >= 15 is 0 Å². The smallest absolute Gasteiger partial charge is 0.207 e. The Bertz CT molecular complexity index is 155. The first-order valence-electron chi connectivity index (χ1n) is 3.03. The van der Waals surface area contributed by atoms with Crippen LogP contribution in [0.15, 0.2) is 24.7 Å². The van der Waals surface area contributed by atoms with Gasteiger partial charge in [0.25, 0.3) is 0 Å². The quantitative estimate of drug-likeness (QED) is 0.220. The summed E-state index contributed by atoms with van der Waals surface area (Å²) in [5.74, 6) is 4.94. The Balaban J connectivity index is 3.36. The molecule has 0 aliphatic heterocycles. The summed E-state index contributed by atoms with van der Waals surface area (Å²) >= 11 is 0. The zero-order chi connectivity index (χ0) is 8.53. The molecule has 0 rings (SSSR count). The minimum atomic E-state index is 0.401. The van der Waals surface area contributed by atoms with Crippen LogP contribution in [0.5, 0.6) is 0 Å². The molecule has 1 amide bonds. The second kappa shape index (κ2) is 6.63. The molecule has 0 saturated carbocycles. The summed E-state index contributed by atoms with van der Waals surface area (Å²) in [4.78, 5) is 9.81. The summed E-state index contributed by atoms with van der Waals surface area (Å²) in [5.41, 5.74) is 2.99. The normalized spacial score (nSPS) is 9.18. The third-order valence-electron chi connectivity index (χ3n) is 0.866. The molecule has 0 unspecified atom stereocenters. The predicted octanol–water partition coefficient (Wildman–Crippen LogP) is -1.23. The van der Waals surface area contributed by atoms with Crippen LogP contribution in [0.1, 0.15) is 0 Å². The highest BCUT2D eigenvalue weighted by molar-refractivity contribution is 5.46. The zero-order valence-corrected chi connectivity index (χ0v) is 6.13. The van der Waals surface area contributed by atoms with E-state index in [-0.39, 0.29) is 0 Å². The number of hydrogen-bond donors (Lipinski definition) is 4. The molecule has 0 aromatic carbocycles. The molecule has 0 heterocycles. The van der Waals surface area contributed by atoms with E-state index < -0.39 is 0 Å². The zero-order valence-electron chi connectivity index (χ0n) is 6.13. The van der Waals surface area contributed by atoms with Gasteiger partial charge in [-0.25, -0.2) is 0 Å². The average Bonchev–Trinajstić information content (AvgIpc) is 2.01. The minimum Gasteiger partial charge on any atom is -0.363 e. The monoisotopic (exact) mass is 156 g/mol. The Morgan fingerprint density at radius 3 is 2.82 bits per heavy atom. The van der Waals surface area contributed by atoms with Gasteiger partial charge in [-0.2, -0.15) is 0 Å². The molecule has 0 saturated heterocycles. The average molecular weight is 156 g/mol. The molecular formula is C6H12N4O. The van der Waals surface area contributed by atoms with Crippen molar-refractivity contribution < 1.29 is 4.79 Å². The number of nitrogens with one attached hydrogen (secondary N) is 3. The van der Waals surface area contributed by atoms with Crippen molar-refractivity contribution in [2.45, 2.75) is 0 Å². The van der Waals surface area contributed by atoms with Crippen molar-refractivity contribution in [2.24, 2.45) is 5.84 Å². The molecule has 0 radical (unpaired) electrons. The van der Waals surface area contributed by atoms with Gasteiger partial charge in [-0.1, -0.05) is 6.58 Å². The maximum absolute atomic E-state index is 9.81. The fraction of sp³-hybridized carbons (Fsp3) is 0.167. The Labute approximate surface area is 65.3 Å². The van der Waals surface area contributed by atoms with Gasteiger partial charge in [0.15, 0.2) is 0 Å². The third kappa shape index (κ3) is 6.39. The molecule has 0 bridgehead atoms. The first-order valence-corrected chi connectivity index (χ1v) is 3.03. The van der Waals surface area contributed by atoms with Gasteiger partial charge in [0, 0.05) is 18.1 Å². The summed E-state index contributed by atoms with van der Waals surface area (Å²) in [6, 6.07) is 0. The van der Waals surface area contributed by atoms with Gasteiger partial charge in [-0.3, -0.25) is 10.6 Å². The largest absolute Gasteiger partial charge is 0.363 e. The highest BCUT2D eigenvalue weighted by Gasteiger charge is 1.85. The fourth-order valence-corrected chi connectivity index (χ4v) is 0.424. The van der Waals surface area contributed by atoms with Crippen molar-refractivity contribution >= 4 is 6.41 Å². The molecule has 0 atom stereocenters. The second-order valence-corrected chi connectivity index (χ2v) is 1.75. The van der Waals surface area contributed by atoms with Crippen LogP contribution in [-0.2, 0) is 4.79 Å². The van der Waals surface area contributed by atoms with Gasteiger partial charge < -0.3 is 16.1 Å². The van der Waals surface area contributed by atoms with Crippen LogP contribution in [0.3, 0.4) is 0 Å². The summed E-state index contributed by atoms with van der Waals surface area (Å²) < 4.78 is 0. The summed E-state index contributed by atoms with van der Waals surface area (Å²) in [6.45, 7) is 4.01. The van der Waals surface area contributed by atoms with E-state index in [1.807, 2.05) is 0 Å². The summed E-state index contributed by atoms with van der Waals surface area (Å²) in [6.07, 6.45) is 3.69. The Hall–Kier alpha value is -1.49. The Morgan fingerprint density at radius 2 is 2.27 bits per heavy atom.